The lowest BCUT2D eigenvalue weighted by atomic mass is 10.1. The zero-order valence-electron chi connectivity index (χ0n) is 7.19. The lowest BCUT2D eigenvalue weighted by Crippen LogP contribution is -1.77. The first kappa shape index (κ1) is 7.86. The molecule has 1 aromatic heterocycles. The van der Waals surface area contributed by atoms with Crippen molar-refractivity contribution >= 4 is 0 Å². The van der Waals surface area contributed by atoms with E-state index in [-0.39, 0.29) is 5.75 Å². The maximum absolute atomic E-state index is 9.25. The van der Waals surface area contributed by atoms with Crippen LogP contribution in [-0.2, 0) is 0 Å². The van der Waals surface area contributed by atoms with Crippen LogP contribution in [0, 0.1) is 6.92 Å². The van der Waals surface area contributed by atoms with E-state index in [1.54, 1.807) is 24.5 Å². The van der Waals surface area contributed by atoms with Gasteiger partial charge in [0.1, 0.15) is 12.0 Å². The molecule has 13 heavy (non-hydrogen) atoms. The molecule has 3 heteroatoms. The highest BCUT2D eigenvalue weighted by molar-refractivity contribution is 5.65. The molecule has 2 rings (SSSR count). The zero-order valence-corrected chi connectivity index (χ0v) is 7.19. The highest BCUT2D eigenvalue weighted by Crippen LogP contribution is 2.25. The molecule has 0 aliphatic heterocycles. The van der Waals surface area contributed by atoms with Crippen molar-refractivity contribution in [3.05, 3.63) is 36.2 Å². The van der Waals surface area contributed by atoms with Crippen LogP contribution in [0.5, 0.6) is 5.75 Å². The van der Waals surface area contributed by atoms with E-state index in [9.17, 15) is 5.11 Å². The molecule has 0 unspecified atom stereocenters. The summed E-state index contributed by atoms with van der Waals surface area (Å²) in [5.41, 5.74) is 2.65. The van der Waals surface area contributed by atoms with Gasteiger partial charge >= 0.3 is 0 Å². The number of aromatic hydroxyl groups is 1. The number of aryl methyl sites for hydroxylation is 1. The molecule has 0 saturated heterocycles. The standard InChI is InChI=1S/C10H9NO2/c1-7-10(6-13-11-7)8-3-2-4-9(12)5-8/h2-6,12H,1H3. The summed E-state index contributed by atoms with van der Waals surface area (Å²) in [4.78, 5) is 0. The minimum absolute atomic E-state index is 0.248. The summed E-state index contributed by atoms with van der Waals surface area (Å²) in [6, 6.07) is 7.00. The number of nitrogens with zero attached hydrogens (tertiary/aromatic N) is 1. The monoisotopic (exact) mass is 175 g/mol. The molecule has 0 aliphatic rings. The molecule has 0 amide bonds. The third-order valence-corrected chi connectivity index (χ3v) is 1.91. The van der Waals surface area contributed by atoms with Gasteiger partial charge in [0, 0.05) is 5.56 Å². The maximum Gasteiger partial charge on any atom is 0.131 e. The van der Waals surface area contributed by atoms with Crippen molar-refractivity contribution in [2.45, 2.75) is 6.92 Å². The average molecular weight is 175 g/mol. The molecule has 0 radical (unpaired) electrons. The number of benzene rings is 1. The van der Waals surface area contributed by atoms with Crippen LogP contribution in [0.2, 0.25) is 0 Å². The molecule has 0 fully saturated rings. The van der Waals surface area contributed by atoms with E-state index in [2.05, 4.69) is 5.16 Å². The van der Waals surface area contributed by atoms with Crippen molar-refractivity contribution in [1.29, 1.82) is 0 Å². The average Bonchev–Trinajstić information content (AvgIpc) is 2.51. The lowest BCUT2D eigenvalue weighted by molar-refractivity contribution is 0.415. The Bertz CT molecular complexity index is 420. The Kier molecular flexibility index (Phi) is 1.77. The van der Waals surface area contributed by atoms with Crippen molar-refractivity contribution in [3.63, 3.8) is 0 Å². The van der Waals surface area contributed by atoms with Crippen molar-refractivity contribution in [2.75, 3.05) is 0 Å². The number of phenolic OH excluding ortho intramolecular Hbond substituents is 1. The minimum atomic E-state index is 0.248. The van der Waals surface area contributed by atoms with Gasteiger partial charge in [-0.25, -0.2) is 0 Å². The Balaban J connectivity index is 2.53. The topological polar surface area (TPSA) is 46.3 Å². The summed E-state index contributed by atoms with van der Waals surface area (Å²) in [6.45, 7) is 1.86. The second-order valence-electron chi connectivity index (χ2n) is 2.86. The lowest BCUT2D eigenvalue weighted by Gasteiger charge is -1.97. The van der Waals surface area contributed by atoms with Gasteiger partial charge in [-0.3, -0.25) is 0 Å². The van der Waals surface area contributed by atoms with Gasteiger partial charge in [0.15, 0.2) is 0 Å². The van der Waals surface area contributed by atoms with E-state index in [1.165, 1.54) is 0 Å². The summed E-state index contributed by atoms with van der Waals surface area (Å²) in [5, 5.41) is 13.0. The fourth-order valence-electron chi connectivity index (χ4n) is 1.24. The normalized spacial score (nSPS) is 10.2. The van der Waals surface area contributed by atoms with Crippen LogP contribution in [0.3, 0.4) is 0 Å². The summed E-state index contributed by atoms with van der Waals surface area (Å²) in [6.07, 6.45) is 1.57. The third kappa shape index (κ3) is 1.40. The second-order valence-corrected chi connectivity index (χ2v) is 2.86. The number of phenols is 1. The fourth-order valence-corrected chi connectivity index (χ4v) is 1.24. The highest BCUT2D eigenvalue weighted by atomic mass is 16.5. The summed E-state index contributed by atoms with van der Waals surface area (Å²) < 4.78 is 4.81. The van der Waals surface area contributed by atoms with Crippen LogP contribution >= 0.6 is 0 Å². The maximum atomic E-state index is 9.25. The Labute approximate surface area is 75.6 Å². The first-order chi connectivity index (χ1) is 6.27. The third-order valence-electron chi connectivity index (χ3n) is 1.91. The van der Waals surface area contributed by atoms with Crippen molar-refractivity contribution in [1.82, 2.24) is 5.16 Å². The van der Waals surface area contributed by atoms with Crippen molar-refractivity contribution < 1.29 is 9.63 Å². The van der Waals surface area contributed by atoms with E-state index >= 15 is 0 Å². The smallest absolute Gasteiger partial charge is 0.131 e. The van der Waals surface area contributed by atoms with E-state index in [0.29, 0.717) is 0 Å². The van der Waals surface area contributed by atoms with Gasteiger partial charge in [0.25, 0.3) is 0 Å². The van der Waals surface area contributed by atoms with Gasteiger partial charge in [-0.2, -0.15) is 0 Å². The number of hydrogen-bond donors (Lipinski definition) is 1. The Morgan fingerprint density at radius 2 is 2.23 bits per heavy atom. The number of hydrogen-bond acceptors (Lipinski definition) is 3. The Morgan fingerprint density at radius 1 is 1.38 bits per heavy atom. The molecule has 1 heterocycles. The Hall–Kier alpha value is -1.77. The van der Waals surface area contributed by atoms with Crippen LogP contribution in [0.15, 0.2) is 35.1 Å². The molecule has 0 spiro atoms. The predicted octanol–water partition coefficient (Wildman–Crippen LogP) is 2.36. The van der Waals surface area contributed by atoms with Gasteiger partial charge < -0.3 is 9.63 Å². The second kappa shape index (κ2) is 2.94. The van der Waals surface area contributed by atoms with Crippen LogP contribution < -0.4 is 0 Å². The van der Waals surface area contributed by atoms with Gasteiger partial charge in [-0.15, -0.1) is 0 Å². The summed E-state index contributed by atoms with van der Waals surface area (Å²) in [7, 11) is 0. The molecule has 0 bridgehead atoms. The van der Waals surface area contributed by atoms with Gasteiger partial charge in [0.2, 0.25) is 0 Å². The largest absolute Gasteiger partial charge is 0.508 e. The summed E-state index contributed by atoms with van der Waals surface area (Å²) >= 11 is 0. The van der Waals surface area contributed by atoms with Crippen LogP contribution in [0.4, 0.5) is 0 Å². The fraction of sp³-hybridized carbons (Fsp3) is 0.100. The molecule has 0 saturated carbocycles. The van der Waals surface area contributed by atoms with Crippen molar-refractivity contribution in [2.24, 2.45) is 0 Å². The zero-order chi connectivity index (χ0) is 9.26. The van der Waals surface area contributed by atoms with E-state index in [4.69, 9.17) is 4.52 Å². The first-order valence-electron chi connectivity index (χ1n) is 3.98. The van der Waals surface area contributed by atoms with Crippen LogP contribution in [0.1, 0.15) is 5.69 Å². The molecular formula is C10H9NO2. The van der Waals surface area contributed by atoms with Crippen LogP contribution in [0.25, 0.3) is 11.1 Å². The molecule has 66 valence electrons. The van der Waals surface area contributed by atoms with Gasteiger partial charge in [0.05, 0.1) is 5.69 Å². The van der Waals surface area contributed by atoms with E-state index in [0.717, 1.165) is 16.8 Å². The van der Waals surface area contributed by atoms with Crippen molar-refractivity contribution in [3.8, 4) is 16.9 Å². The van der Waals surface area contributed by atoms with Crippen LogP contribution in [-0.4, -0.2) is 10.3 Å². The highest BCUT2D eigenvalue weighted by Gasteiger charge is 2.05. The predicted molar refractivity (Wildman–Crippen MR) is 48.3 cm³/mol. The minimum Gasteiger partial charge on any atom is -0.508 e. The number of aromatic nitrogens is 1. The number of rotatable bonds is 1. The van der Waals surface area contributed by atoms with Gasteiger partial charge in [-0.1, -0.05) is 17.3 Å². The molecule has 1 N–H and O–H groups in total. The summed E-state index contributed by atoms with van der Waals surface area (Å²) in [5.74, 6) is 0.248. The van der Waals surface area contributed by atoms with Gasteiger partial charge in [-0.05, 0) is 24.6 Å². The molecular weight excluding hydrogens is 166 g/mol. The quantitative estimate of drug-likeness (QED) is 0.723. The molecule has 0 atom stereocenters. The molecule has 2 aromatic rings. The molecule has 1 aromatic carbocycles. The SMILES string of the molecule is Cc1nocc1-c1cccc(O)c1. The van der Waals surface area contributed by atoms with E-state index < -0.39 is 0 Å². The molecule has 3 nitrogen and oxygen atoms in total. The molecule has 0 aliphatic carbocycles. The Morgan fingerprint density at radius 3 is 2.85 bits per heavy atom. The first-order valence-corrected chi connectivity index (χ1v) is 3.98. The van der Waals surface area contributed by atoms with E-state index in [1.807, 2.05) is 13.0 Å².